The second kappa shape index (κ2) is 5.88. The van der Waals surface area contributed by atoms with Gasteiger partial charge in [0.05, 0.1) is 17.1 Å². The predicted molar refractivity (Wildman–Crippen MR) is 98.6 cm³/mol. The summed E-state index contributed by atoms with van der Waals surface area (Å²) in [6.45, 7) is 4.79. The Morgan fingerprint density at radius 1 is 1.32 bits per heavy atom. The first-order valence-corrected chi connectivity index (χ1v) is 8.46. The molecule has 0 saturated carbocycles. The third kappa shape index (κ3) is 2.73. The van der Waals surface area contributed by atoms with Gasteiger partial charge in [0.25, 0.3) is 0 Å². The number of nitrogens with one attached hydrogen (secondary N) is 1. The maximum atomic E-state index is 12.1. The minimum atomic E-state index is 0.0548. The molecular weight excluding hydrogens is 314 g/mol. The normalized spacial score (nSPS) is 17.3. The first kappa shape index (κ1) is 15.6. The maximum absolute atomic E-state index is 12.1. The van der Waals surface area contributed by atoms with Gasteiger partial charge in [-0.15, -0.1) is 0 Å². The Morgan fingerprint density at radius 3 is 2.96 bits per heavy atom. The molecule has 0 aliphatic carbocycles. The van der Waals surface area contributed by atoms with E-state index in [1.165, 1.54) is 0 Å². The molecule has 1 aromatic carbocycles. The molecule has 25 heavy (non-hydrogen) atoms. The fourth-order valence-corrected chi connectivity index (χ4v) is 3.52. The standard InChI is InChI=1S/C19H21N5O/c1-12-8-18(25)21-16-6-4-5-7-17(16)24(12)11-14-9-15-13(2)22-23(3)19(15)20-10-14/h4-7,9-10,12H,8,11H2,1-3H3,(H,21,25)/t12-/m1/s1. The first-order valence-electron chi connectivity index (χ1n) is 8.46. The van der Waals surface area contributed by atoms with Crippen LogP contribution in [0.25, 0.3) is 11.0 Å². The lowest BCUT2D eigenvalue weighted by Crippen LogP contribution is -2.33. The molecule has 6 heteroatoms. The van der Waals surface area contributed by atoms with Gasteiger partial charge < -0.3 is 10.2 Å². The Hall–Kier alpha value is -2.89. The number of hydrogen-bond acceptors (Lipinski definition) is 4. The minimum absolute atomic E-state index is 0.0548. The van der Waals surface area contributed by atoms with Gasteiger partial charge in [-0.3, -0.25) is 9.48 Å². The van der Waals surface area contributed by atoms with Crippen LogP contribution in [0.4, 0.5) is 11.4 Å². The van der Waals surface area contributed by atoms with Crippen LogP contribution in [0.3, 0.4) is 0 Å². The van der Waals surface area contributed by atoms with Crippen molar-refractivity contribution in [2.75, 3.05) is 10.2 Å². The van der Waals surface area contributed by atoms with Crippen LogP contribution in [-0.2, 0) is 18.4 Å². The summed E-state index contributed by atoms with van der Waals surface area (Å²) < 4.78 is 1.81. The van der Waals surface area contributed by atoms with Crippen molar-refractivity contribution < 1.29 is 4.79 Å². The summed E-state index contributed by atoms with van der Waals surface area (Å²) in [6.07, 6.45) is 2.37. The Bertz CT molecular complexity index is 962. The molecule has 1 aliphatic heterocycles. The lowest BCUT2D eigenvalue weighted by Gasteiger charge is -2.30. The van der Waals surface area contributed by atoms with Crippen LogP contribution in [0.15, 0.2) is 36.5 Å². The third-order valence-electron chi connectivity index (χ3n) is 4.77. The van der Waals surface area contributed by atoms with Crippen molar-refractivity contribution in [1.82, 2.24) is 14.8 Å². The van der Waals surface area contributed by atoms with Crippen molar-refractivity contribution in [2.24, 2.45) is 7.05 Å². The monoisotopic (exact) mass is 335 g/mol. The predicted octanol–water partition coefficient (Wildman–Crippen LogP) is 3.01. The van der Waals surface area contributed by atoms with Crippen molar-refractivity contribution in [2.45, 2.75) is 32.9 Å². The van der Waals surface area contributed by atoms with E-state index in [9.17, 15) is 4.79 Å². The van der Waals surface area contributed by atoms with Crippen molar-refractivity contribution >= 4 is 28.3 Å². The average molecular weight is 335 g/mol. The summed E-state index contributed by atoms with van der Waals surface area (Å²) in [5.41, 5.74) is 4.89. The fourth-order valence-electron chi connectivity index (χ4n) is 3.52. The van der Waals surface area contributed by atoms with Crippen LogP contribution in [0.5, 0.6) is 0 Å². The van der Waals surface area contributed by atoms with Crippen LogP contribution in [0, 0.1) is 6.92 Å². The number of aryl methyl sites for hydroxylation is 2. The van der Waals surface area contributed by atoms with Crippen molar-refractivity contribution in [3.8, 4) is 0 Å². The van der Waals surface area contributed by atoms with Crippen molar-refractivity contribution in [3.05, 3.63) is 47.8 Å². The smallest absolute Gasteiger partial charge is 0.226 e. The van der Waals surface area contributed by atoms with E-state index in [1.807, 2.05) is 38.4 Å². The number of carbonyl (C=O) groups excluding carboxylic acids is 1. The molecule has 1 N–H and O–H groups in total. The van der Waals surface area contributed by atoms with Gasteiger partial charge in [0, 0.05) is 37.6 Å². The molecule has 3 heterocycles. The lowest BCUT2D eigenvalue weighted by atomic mass is 10.1. The number of hydrogen-bond donors (Lipinski definition) is 1. The van der Waals surface area contributed by atoms with Gasteiger partial charge >= 0.3 is 0 Å². The van der Waals surface area contributed by atoms with Gasteiger partial charge in [0.2, 0.25) is 5.91 Å². The molecule has 0 unspecified atom stereocenters. The second-order valence-electron chi connectivity index (χ2n) is 6.67. The first-order chi connectivity index (χ1) is 12.0. The number of fused-ring (bicyclic) bond motifs is 2. The third-order valence-corrected chi connectivity index (χ3v) is 4.77. The SMILES string of the molecule is Cc1nn(C)c2ncc(CN3c4ccccc4NC(=O)C[C@H]3C)cc12. The number of rotatable bonds is 2. The summed E-state index contributed by atoms with van der Waals surface area (Å²) in [5.74, 6) is 0.0548. The summed E-state index contributed by atoms with van der Waals surface area (Å²) in [7, 11) is 1.91. The molecule has 4 rings (SSSR count). The topological polar surface area (TPSA) is 63.1 Å². The number of amides is 1. The van der Waals surface area contributed by atoms with Crippen molar-refractivity contribution in [3.63, 3.8) is 0 Å². The summed E-state index contributed by atoms with van der Waals surface area (Å²) in [5, 5.41) is 8.51. The summed E-state index contributed by atoms with van der Waals surface area (Å²) >= 11 is 0. The molecular formula is C19H21N5O. The van der Waals surface area contributed by atoms with Gasteiger partial charge in [-0.25, -0.2) is 4.98 Å². The van der Waals surface area contributed by atoms with Crippen LogP contribution in [-0.4, -0.2) is 26.7 Å². The molecule has 3 aromatic rings. The highest BCUT2D eigenvalue weighted by atomic mass is 16.1. The van der Waals surface area contributed by atoms with Gasteiger partial charge in [-0.2, -0.15) is 5.10 Å². The Labute approximate surface area is 146 Å². The number of nitrogens with zero attached hydrogens (tertiary/aromatic N) is 4. The van der Waals surface area contributed by atoms with E-state index < -0.39 is 0 Å². The molecule has 1 aliphatic rings. The molecule has 6 nitrogen and oxygen atoms in total. The molecule has 0 radical (unpaired) electrons. The lowest BCUT2D eigenvalue weighted by molar-refractivity contribution is -0.116. The zero-order chi connectivity index (χ0) is 17.6. The van der Waals surface area contributed by atoms with E-state index in [4.69, 9.17) is 0 Å². The van der Waals surface area contributed by atoms with Crippen LogP contribution in [0.2, 0.25) is 0 Å². The van der Waals surface area contributed by atoms with Gasteiger partial charge in [-0.1, -0.05) is 12.1 Å². The van der Waals surface area contributed by atoms with Crippen LogP contribution < -0.4 is 10.2 Å². The van der Waals surface area contributed by atoms with Gasteiger partial charge in [0.1, 0.15) is 0 Å². The fraction of sp³-hybridized carbons (Fsp3) is 0.316. The van der Waals surface area contributed by atoms with E-state index in [0.717, 1.165) is 33.7 Å². The van der Waals surface area contributed by atoms with E-state index in [2.05, 4.69) is 39.4 Å². The quantitative estimate of drug-likeness (QED) is 0.782. The average Bonchev–Trinajstić information content (AvgIpc) is 2.80. The molecule has 1 atom stereocenters. The number of para-hydroxylation sites is 2. The Balaban J connectivity index is 1.74. The number of carbonyl (C=O) groups is 1. The molecule has 0 fully saturated rings. The van der Waals surface area contributed by atoms with Crippen molar-refractivity contribution in [1.29, 1.82) is 0 Å². The van der Waals surface area contributed by atoms with E-state index in [1.54, 1.807) is 4.68 Å². The van der Waals surface area contributed by atoms with Gasteiger partial charge in [-0.05, 0) is 37.6 Å². The zero-order valence-corrected chi connectivity index (χ0v) is 14.7. The summed E-state index contributed by atoms with van der Waals surface area (Å²) in [6, 6.07) is 10.2. The van der Waals surface area contributed by atoms with Gasteiger partial charge in [0.15, 0.2) is 5.65 Å². The van der Waals surface area contributed by atoms with E-state index >= 15 is 0 Å². The Kier molecular flexibility index (Phi) is 3.67. The summed E-state index contributed by atoms with van der Waals surface area (Å²) in [4.78, 5) is 19.0. The van der Waals surface area contributed by atoms with Crippen LogP contribution >= 0.6 is 0 Å². The zero-order valence-electron chi connectivity index (χ0n) is 14.7. The van der Waals surface area contributed by atoms with Crippen LogP contribution in [0.1, 0.15) is 24.6 Å². The maximum Gasteiger partial charge on any atom is 0.226 e. The molecule has 128 valence electrons. The highest BCUT2D eigenvalue weighted by molar-refractivity contribution is 5.96. The molecule has 1 amide bonds. The van der Waals surface area contributed by atoms with E-state index in [-0.39, 0.29) is 11.9 Å². The molecule has 0 spiro atoms. The molecule has 0 bridgehead atoms. The molecule has 2 aromatic heterocycles. The Morgan fingerprint density at radius 2 is 2.12 bits per heavy atom. The number of anilines is 2. The van der Waals surface area contributed by atoms with E-state index in [0.29, 0.717) is 13.0 Å². The number of aromatic nitrogens is 3. The highest BCUT2D eigenvalue weighted by Crippen LogP contribution is 2.32. The minimum Gasteiger partial charge on any atom is -0.362 e. The molecule has 0 saturated heterocycles. The second-order valence-corrected chi connectivity index (χ2v) is 6.67. The highest BCUT2D eigenvalue weighted by Gasteiger charge is 2.25. The largest absolute Gasteiger partial charge is 0.362 e. The number of benzene rings is 1. The number of pyridine rings is 1.